The second kappa shape index (κ2) is 9.18. The van der Waals surface area contributed by atoms with Crippen molar-refractivity contribution in [2.45, 2.75) is 52.2 Å². The first kappa shape index (κ1) is 18.1. The maximum atomic E-state index is 9.74. The van der Waals surface area contributed by atoms with Crippen LogP contribution in [0, 0.1) is 0 Å². The highest BCUT2D eigenvalue weighted by atomic mass is 32.2. The van der Waals surface area contributed by atoms with E-state index in [1.165, 1.54) is 0 Å². The number of benzene rings is 1. The van der Waals surface area contributed by atoms with E-state index >= 15 is 0 Å². The number of aliphatic hydroxyl groups excluding tert-OH is 1. The van der Waals surface area contributed by atoms with E-state index in [0.717, 1.165) is 11.5 Å². The molecule has 0 saturated carbocycles. The van der Waals surface area contributed by atoms with Crippen molar-refractivity contribution in [1.82, 2.24) is 5.32 Å². The third-order valence-electron chi connectivity index (χ3n) is 2.76. The Bertz CT molecular complexity index is 395. The summed E-state index contributed by atoms with van der Waals surface area (Å²) < 4.78 is 11.6. The summed E-state index contributed by atoms with van der Waals surface area (Å²) in [6.45, 7) is 7.80. The minimum absolute atomic E-state index is 0.180. The first-order valence-corrected chi connectivity index (χ1v) is 8.68. The molecule has 3 atom stereocenters. The van der Waals surface area contributed by atoms with Crippen LogP contribution in [-0.4, -0.2) is 41.6 Å². The lowest BCUT2D eigenvalue weighted by atomic mass is 10.3. The molecule has 0 aliphatic heterocycles. The highest BCUT2D eigenvalue weighted by molar-refractivity contribution is 7.98. The van der Waals surface area contributed by atoms with Crippen LogP contribution in [0.3, 0.4) is 0 Å². The van der Waals surface area contributed by atoms with E-state index < -0.39 is 12.3 Å². The third kappa shape index (κ3) is 7.07. The van der Waals surface area contributed by atoms with E-state index in [9.17, 15) is 5.11 Å². The quantitative estimate of drug-likeness (QED) is 0.687. The third-order valence-corrected chi connectivity index (χ3v) is 3.56. The molecule has 5 heteroatoms. The van der Waals surface area contributed by atoms with Crippen LogP contribution in [0.2, 0.25) is 0 Å². The molecule has 0 spiro atoms. The van der Waals surface area contributed by atoms with E-state index in [4.69, 9.17) is 9.47 Å². The second-order valence-electron chi connectivity index (χ2n) is 5.46. The van der Waals surface area contributed by atoms with Gasteiger partial charge in [0.15, 0.2) is 6.23 Å². The SMILES string of the molecule is CSCC(C)Oc1ccc(OC(NC(C)C)C(C)O)cc1. The number of nitrogens with one attached hydrogen (secondary N) is 1. The summed E-state index contributed by atoms with van der Waals surface area (Å²) in [7, 11) is 0. The zero-order valence-electron chi connectivity index (χ0n) is 13.5. The number of thioether (sulfide) groups is 1. The average Bonchev–Trinajstić information content (AvgIpc) is 2.39. The average molecular weight is 313 g/mol. The molecule has 0 fully saturated rings. The van der Waals surface area contributed by atoms with E-state index in [2.05, 4.69) is 18.5 Å². The van der Waals surface area contributed by atoms with E-state index in [1.54, 1.807) is 18.7 Å². The van der Waals surface area contributed by atoms with Crippen LogP contribution >= 0.6 is 11.8 Å². The molecule has 0 aliphatic rings. The van der Waals surface area contributed by atoms with E-state index in [0.29, 0.717) is 5.75 Å². The zero-order chi connectivity index (χ0) is 15.8. The monoisotopic (exact) mass is 313 g/mol. The van der Waals surface area contributed by atoms with Crippen molar-refractivity contribution >= 4 is 11.8 Å². The molecular formula is C16H27NO3S. The normalized spacial score (nSPS) is 15.6. The Balaban J connectivity index is 2.60. The topological polar surface area (TPSA) is 50.7 Å². The molecule has 1 aromatic carbocycles. The summed E-state index contributed by atoms with van der Waals surface area (Å²) in [5, 5.41) is 12.9. The first-order valence-electron chi connectivity index (χ1n) is 7.28. The Labute approximate surface area is 132 Å². The van der Waals surface area contributed by atoms with Crippen LogP contribution in [0.15, 0.2) is 24.3 Å². The minimum atomic E-state index is -0.593. The summed E-state index contributed by atoms with van der Waals surface area (Å²) in [5.74, 6) is 2.49. The van der Waals surface area contributed by atoms with Crippen LogP contribution in [-0.2, 0) is 0 Å². The lowest BCUT2D eigenvalue weighted by Gasteiger charge is -2.25. The summed E-state index contributed by atoms with van der Waals surface area (Å²) in [4.78, 5) is 0. The van der Waals surface area contributed by atoms with Gasteiger partial charge in [0.25, 0.3) is 0 Å². The maximum absolute atomic E-state index is 9.74. The fraction of sp³-hybridized carbons (Fsp3) is 0.625. The smallest absolute Gasteiger partial charge is 0.176 e. The molecule has 0 radical (unpaired) electrons. The molecule has 1 rings (SSSR count). The highest BCUT2D eigenvalue weighted by Gasteiger charge is 2.17. The van der Waals surface area contributed by atoms with Crippen molar-refractivity contribution in [2.24, 2.45) is 0 Å². The number of hydrogen-bond acceptors (Lipinski definition) is 5. The molecule has 2 N–H and O–H groups in total. The van der Waals surface area contributed by atoms with Crippen molar-refractivity contribution in [3.05, 3.63) is 24.3 Å². The van der Waals surface area contributed by atoms with Crippen molar-refractivity contribution < 1.29 is 14.6 Å². The van der Waals surface area contributed by atoms with Crippen molar-refractivity contribution in [2.75, 3.05) is 12.0 Å². The summed E-state index contributed by atoms with van der Waals surface area (Å²) in [6, 6.07) is 7.73. The Morgan fingerprint density at radius 2 is 1.57 bits per heavy atom. The predicted molar refractivity (Wildman–Crippen MR) is 89.3 cm³/mol. The predicted octanol–water partition coefficient (Wildman–Crippen LogP) is 2.90. The molecule has 0 bridgehead atoms. The molecule has 3 unspecified atom stereocenters. The number of rotatable bonds is 9. The second-order valence-corrected chi connectivity index (χ2v) is 6.37. The zero-order valence-corrected chi connectivity index (χ0v) is 14.3. The van der Waals surface area contributed by atoms with Gasteiger partial charge in [-0.15, -0.1) is 0 Å². The van der Waals surface area contributed by atoms with Gasteiger partial charge < -0.3 is 14.6 Å². The lowest BCUT2D eigenvalue weighted by Crippen LogP contribution is -2.46. The Kier molecular flexibility index (Phi) is 7.93. The fourth-order valence-electron chi connectivity index (χ4n) is 1.84. The van der Waals surface area contributed by atoms with Gasteiger partial charge in [0.1, 0.15) is 23.7 Å². The molecule has 0 heterocycles. The molecule has 0 aliphatic carbocycles. The molecule has 1 aromatic rings. The van der Waals surface area contributed by atoms with Gasteiger partial charge >= 0.3 is 0 Å². The van der Waals surface area contributed by atoms with Gasteiger partial charge in [-0.2, -0.15) is 11.8 Å². The first-order chi connectivity index (χ1) is 9.92. The molecule has 0 saturated heterocycles. The Morgan fingerprint density at radius 1 is 1.05 bits per heavy atom. The van der Waals surface area contributed by atoms with Gasteiger partial charge in [0.05, 0.1) is 0 Å². The number of ether oxygens (including phenoxy) is 2. The number of hydrogen-bond donors (Lipinski definition) is 2. The van der Waals surface area contributed by atoms with Gasteiger partial charge in [-0.3, -0.25) is 5.32 Å². The van der Waals surface area contributed by atoms with E-state index in [1.807, 2.05) is 38.1 Å². The van der Waals surface area contributed by atoms with Crippen molar-refractivity contribution in [1.29, 1.82) is 0 Å². The van der Waals surface area contributed by atoms with Crippen LogP contribution in [0.5, 0.6) is 11.5 Å². The molecule has 0 aromatic heterocycles. The Morgan fingerprint density at radius 3 is 2.00 bits per heavy atom. The molecular weight excluding hydrogens is 286 g/mol. The van der Waals surface area contributed by atoms with Gasteiger partial charge in [0.2, 0.25) is 0 Å². The maximum Gasteiger partial charge on any atom is 0.176 e. The molecule has 21 heavy (non-hydrogen) atoms. The van der Waals surface area contributed by atoms with Crippen LogP contribution in [0.25, 0.3) is 0 Å². The van der Waals surface area contributed by atoms with Crippen LogP contribution in [0.4, 0.5) is 0 Å². The van der Waals surface area contributed by atoms with Gasteiger partial charge in [-0.25, -0.2) is 0 Å². The molecule has 4 nitrogen and oxygen atoms in total. The van der Waals surface area contributed by atoms with Gasteiger partial charge in [0, 0.05) is 11.8 Å². The van der Waals surface area contributed by atoms with Crippen molar-refractivity contribution in [3.63, 3.8) is 0 Å². The Hall–Kier alpha value is -0.910. The molecule has 120 valence electrons. The molecule has 0 amide bonds. The highest BCUT2D eigenvalue weighted by Crippen LogP contribution is 2.20. The summed E-state index contributed by atoms with van der Waals surface area (Å²) >= 11 is 1.76. The van der Waals surface area contributed by atoms with Crippen LogP contribution < -0.4 is 14.8 Å². The van der Waals surface area contributed by atoms with Gasteiger partial charge in [-0.05, 0) is 58.2 Å². The standard InChI is InChI=1S/C16H27NO3S/c1-11(2)17-16(13(4)18)20-15-8-6-14(7-9-15)19-12(3)10-21-5/h6-9,11-13,16-18H,10H2,1-5H3. The summed E-state index contributed by atoms with van der Waals surface area (Å²) in [6.07, 6.45) is 1.23. The van der Waals surface area contributed by atoms with Crippen molar-refractivity contribution in [3.8, 4) is 11.5 Å². The number of aliphatic hydroxyl groups is 1. The summed E-state index contributed by atoms with van der Waals surface area (Å²) in [5.41, 5.74) is 0. The lowest BCUT2D eigenvalue weighted by molar-refractivity contribution is 0.0218. The van der Waals surface area contributed by atoms with E-state index in [-0.39, 0.29) is 12.1 Å². The van der Waals surface area contributed by atoms with Gasteiger partial charge in [-0.1, -0.05) is 0 Å². The largest absolute Gasteiger partial charge is 0.490 e. The fourth-order valence-corrected chi connectivity index (χ4v) is 2.38. The minimum Gasteiger partial charge on any atom is -0.490 e. The van der Waals surface area contributed by atoms with Crippen LogP contribution in [0.1, 0.15) is 27.7 Å².